The van der Waals surface area contributed by atoms with Gasteiger partial charge in [0, 0.05) is 11.1 Å². The number of rotatable bonds is 5. The van der Waals surface area contributed by atoms with Gasteiger partial charge >= 0.3 is 5.97 Å². The molecule has 1 amide bonds. The van der Waals surface area contributed by atoms with Crippen LogP contribution in [0.25, 0.3) is 11.0 Å². The van der Waals surface area contributed by atoms with Crippen LogP contribution in [0.2, 0.25) is 0 Å². The molecule has 0 radical (unpaired) electrons. The maximum Gasteiger partial charge on any atom is 0.335 e. The maximum atomic E-state index is 13.2. The Hall–Kier alpha value is -4.46. The monoisotopic (exact) mass is 432 g/mol. The molecular formula is C24H17FN2O5. The Morgan fingerprint density at radius 2 is 1.72 bits per heavy atom. The molecule has 0 aliphatic heterocycles. The topological polar surface area (TPSA) is 101 Å². The molecule has 4 rings (SSSR count). The molecule has 0 atom stereocenters. The summed E-state index contributed by atoms with van der Waals surface area (Å²) in [6, 6.07) is 17.9. The van der Waals surface area contributed by atoms with Gasteiger partial charge in [-0.25, -0.2) is 14.2 Å². The number of fused-ring (bicyclic) bond motifs is 1. The third-order valence-corrected chi connectivity index (χ3v) is 4.65. The zero-order chi connectivity index (χ0) is 22.7. The lowest BCUT2D eigenvalue weighted by molar-refractivity contribution is 0.0696. The van der Waals surface area contributed by atoms with Gasteiger partial charge in [-0.2, -0.15) is 0 Å². The Balaban J connectivity index is 1.82. The molecule has 0 saturated heterocycles. The summed E-state index contributed by atoms with van der Waals surface area (Å²) in [6.07, 6.45) is 0. The van der Waals surface area contributed by atoms with Gasteiger partial charge in [-0.3, -0.25) is 4.79 Å². The summed E-state index contributed by atoms with van der Waals surface area (Å²) in [4.78, 5) is 28.5. The first kappa shape index (κ1) is 20.8. The molecule has 3 aromatic carbocycles. The van der Waals surface area contributed by atoms with Crippen LogP contribution in [0.3, 0.4) is 0 Å². The number of nitrogens with zero attached hydrogens (tertiary/aromatic N) is 1. The number of halogens is 1. The molecule has 0 unspecified atom stereocenters. The lowest BCUT2D eigenvalue weighted by Crippen LogP contribution is -2.21. The predicted molar refractivity (Wildman–Crippen MR) is 116 cm³/mol. The highest BCUT2D eigenvalue weighted by Crippen LogP contribution is 2.22. The van der Waals surface area contributed by atoms with Gasteiger partial charge in [-0.05, 0) is 72.8 Å². The zero-order valence-electron chi connectivity index (χ0n) is 16.8. The van der Waals surface area contributed by atoms with E-state index < -0.39 is 17.7 Å². The normalized spacial score (nSPS) is 11.4. The Kier molecular flexibility index (Phi) is 5.67. The fourth-order valence-electron chi connectivity index (χ4n) is 3.01. The van der Waals surface area contributed by atoms with Gasteiger partial charge in [0.15, 0.2) is 0 Å². The van der Waals surface area contributed by atoms with Crippen LogP contribution in [-0.2, 0) is 0 Å². The first-order chi connectivity index (χ1) is 15.4. The van der Waals surface area contributed by atoms with Gasteiger partial charge < -0.3 is 19.6 Å². The summed E-state index contributed by atoms with van der Waals surface area (Å²) in [5.74, 6) is -1.39. The van der Waals surface area contributed by atoms with Gasteiger partial charge in [0.25, 0.3) is 5.91 Å². The number of carboxylic acid groups (broad SMARTS) is 1. The first-order valence-corrected chi connectivity index (χ1v) is 9.50. The molecule has 7 nitrogen and oxygen atoms in total. The molecule has 8 heteroatoms. The number of anilines is 1. The Morgan fingerprint density at radius 3 is 2.38 bits per heavy atom. The Morgan fingerprint density at radius 1 is 1.00 bits per heavy atom. The van der Waals surface area contributed by atoms with E-state index in [1.54, 1.807) is 24.3 Å². The number of carbonyl (C=O) groups is 2. The van der Waals surface area contributed by atoms with E-state index in [4.69, 9.17) is 14.3 Å². The van der Waals surface area contributed by atoms with Crippen molar-refractivity contribution in [2.24, 2.45) is 4.99 Å². The van der Waals surface area contributed by atoms with Crippen LogP contribution in [0.4, 0.5) is 15.8 Å². The minimum absolute atomic E-state index is 0.0327. The molecule has 32 heavy (non-hydrogen) atoms. The number of methoxy groups -OCH3 is 1. The average Bonchev–Trinajstić information content (AvgIpc) is 2.80. The van der Waals surface area contributed by atoms with Crippen molar-refractivity contribution in [2.75, 3.05) is 12.4 Å². The molecule has 0 bridgehead atoms. The lowest BCUT2D eigenvalue weighted by atomic mass is 10.1. The van der Waals surface area contributed by atoms with E-state index in [-0.39, 0.29) is 16.7 Å². The quantitative estimate of drug-likeness (QED) is 0.473. The number of aromatic carboxylic acids is 1. The SMILES string of the molecule is COc1ccc2oc(=Nc3ccc(C(=O)O)cc3)c(C(=O)Nc3ccc(F)cc3)cc2c1. The minimum Gasteiger partial charge on any atom is -0.497 e. The van der Waals surface area contributed by atoms with Gasteiger partial charge in [-0.15, -0.1) is 0 Å². The Bertz CT molecular complexity index is 1380. The number of benzene rings is 3. The van der Waals surface area contributed by atoms with Crippen molar-refractivity contribution in [3.05, 3.63) is 95.3 Å². The second-order valence-corrected chi connectivity index (χ2v) is 6.79. The zero-order valence-corrected chi connectivity index (χ0v) is 16.8. The van der Waals surface area contributed by atoms with Crippen LogP contribution in [0, 0.1) is 5.82 Å². The summed E-state index contributed by atoms with van der Waals surface area (Å²) in [5.41, 5.74) is 1.56. The number of amides is 1. The van der Waals surface area contributed by atoms with Crippen LogP contribution in [-0.4, -0.2) is 24.1 Å². The van der Waals surface area contributed by atoms with Crippen LogP contribution < -0.4 is 15.6 Å². The molecule has 1 heterocycles. The second-order valence-electron chi connectivity index (χ2n) is 6.79. The van der Waals surface area contributed by atoms with Crippen LogP contribution in [0.1, 0.15) is 20.7 Å². The summed E-state index contributed by atoms with van der Waals surface area (Å²) >= 11 is 0. The Labute approximate surface area is 181 Å². The molecule has 2 N–H and O–H groups in total. The standard InChI is InChI=1S/C24H17FN2O5/c1-31-19-10-11-21-15(12-19)13-20(22(28)26-17-8-4-16(25)5-9-17)23(32-21)27-18-6-2-14(3-7-18)24(29)30/h2-13H,1H3,(H,26,28)(H,29,30). The van der Waals surface area contributed by atoms with E-state index >= 15 is 0 Å². The molecule has 0 fully saturated rings. The molecule has 0 aliphatic carbocycles. The van der Waals surface area contributed by atoms with Crippen molar-refractivity contribution >= 4 is 34.2 Å². The van der Waals surface area contributed by atoms with Crippen LogP contribution >= 0.6 is 0 Å². The molecule has 0 spiro atoms. The third kappa shape index (κ3) is 4.49. The van der Waals surface area contributed by atoms with Crippen molar-refractivity contribution in [3.63, 3.8) is 0 Å². The highest BCUT2D eigenvalue weighted by atomic mass is 19.1. The van der Waals surface area contributed by atoms with E-state index in [1.807, 2.05) is 0 Å². The number of hydrogen-bond acceptors (Lipinski definition) is 5. The van der Waals surface area contributed by atoms with E-state index in [2.05, 4.69) is 10.3 Å². The van der Waals surface area contributed by atoms with E-state index in [1.165, 1.54) is 55.6 Å². The van der Waals surface area contributed by atoms with Crippen molar-refractivity contribution in [2.45, 2.75) is 0 Å². The smallest absolute Gasteiger partial charge is 0.335 e. The molecule has 1 aromatic heterocycles. The highest BCUT2D eigenvalue weighted by Gasteiger charge is 2.14. The number of nitrogens with one attached hydrogen (secondary N) is 1. The van der Waals surface area contributed by atoms with Crippen molar-refractivity contribution < 1.29 is 28.2 Å². The van der Waals surface area contributed by atoms with Crippen LogP contribution in [0.5, 0.6) is 5.75 Å². The number of hydrogen-bond donors (Lipinski definition) is 2. The fourth-order valence-corrected chi connectivity index (χ4v) is 3.01. The van der Waals surface area contributed by atoms with Gasteiger partial charge in [0.1, 0.15) is 22.7 Å². The molecular weight excluding hydrogens is 415 g/mol. The van der Waals surface area contributed by atoms with Gasteiger partial charge in [-0.1, -0.05) is 0 Å². The molecule has 0 saturated carbocycles. The maximum absolute atomic E-state index is 13.2. The number of carboxylic acids is 1. The molecule has 0 aliphatic rings. The van der Waals surface area contributed by atoms with Gasteiger partial charge in [0.2, 0.25) is 5.55 Å². The molecule has 160 valence electrons. The fraction of sp³-hybridized carbons (Fsp3) is 0.0417. The van der Waals surface area contributed by atoms with Crippen molar-refractivity contribution in [3.8, 4) is 5.75 Å². The number of ether oxygens (including phenoxy) is 1. The highest BCUT2D eigenvalue weighted by molar-refractivity contribution is 6.05. The largest absolute Gasteiger partial charge is 0.497 e. The second kappa shape index (κ2) is 8.73. The summed E-state index contributed by atoms with van der Waals surface area (Å²) in [6.45, 7) is 0. The summed E-state index contributed by atoms with van der Waals surface area (Å²) < 4.78 is 24.3. The third-order valence-electron chi connectivity index (χ3n) is 4.65. The van der Waals surface area contributed by atoms with E-state index in [0.717, 1.165) is 0 Å². The van der Waals surface area contributed by atoms with Crippen molar-refractivity contribution in [1.82, 2.24) is 0 Å². The number of carbonyl (C=O) groups excluding carboxylic acids is 1. The van der Waals surface area contributed by atoms with Crippen molar-refractivity contribution in [1.29, 1.82) is 0 Å². The van der Waals surface area contributed by atoms with Crippen LogP contribution in [0.15, 0.2) is 82.2 Å². The summed E-state index contributed by atoms with van der Waals surface area (Å²) in [7, 11) is 1.53. The van der Waals surface area contributed by atoms with E-state index in [9.17, 15) is 14.0 Å². The first-order valence-electron chi connectivity index (χ1n) is 9.50. The lowest BCUT2D eigenvalue weighted by Gasteiger charge is -2.08. The summed E-state index contributed by atoms with van der Waals surface area (Å²) in [5, 5.41) is 12.4. The average molecular weight is 432 g/mol. The predicted octanol–water partition coefficient (Wildman–Crippen LogP) is 4.76. The minimum atomic E-state index is -1.06. The molecule has 4 aromatic rings. The van der Waals surface area contributed by atoms with E-state index in [0.29, 0.717) is 28.1 Å². The van der Waals surface area contributed by atoms with Gasteiger partial charge in [0.05, 0.1) is 18.4 Å².